The van der Waals surface area contributed by atoms with Crippen LogP contribution in [0.4, 0.5) is 5.69 Å². The van der Waals surface area contributed by atoms with Crippen LogP contribution in [-0.2, 0) is 11.3 Å². The molecule has 0 aliphatic carbocycles. The minimum absolute atomic E-state index is 0.647. The summed E-state index contributed by atoms with van der Waals surface area (Å²) < 4.78 is 10.7. The predicted molar refractivity (Wildman–Crippen MR) is 91.9 cm³/mol. The monoisotopic (exact) mass is 306 g/mol. The van der Waals surface area contributed by atoms with E-state index in [4.69, 9.17) is 9.47 Å². The van der Waals surface area contributed by atoms with Gasteiger partial charge < -0.3 is 19.7 Å². The first-order valence-electron chi connectivity index (χ1n) is 8.43. The molecular formula is C18H30N2O2. The maximum atomic E-state index is 5.67. The fourth-order valence-electron chi connectivity index (χ4n) is 3.22. The zero-order valence-electron chi connectivity index (χ0n) is 14.2. The van der Waals surface area contributed by atoms with Crippen LogP contribution in [0.2, 0.25) is 0 Å². The summed E-state index contributed by atoms with van der Waals surface area (Å²) >= 11 is 0. The molecule has 1 aliphatic heterocycles. The summed E-state index contributed by atoms with van der Waals surface area (Å²) in [5.41, 5.74) is 2.50. The van der Waals surface area contributed by atoms with Crippen LogP contribution in [0.25, 0.3) is 0 Å². The van der Waals surface area contributed by atoms with Crippen LogP contribution < -0.4 is 15.0 Å². The van der Waals surface area contributed by atoms with Crippen molar-refractivity contribution in [3.63, 3.8) is 0 Å². The van der Waals surface area contributed by atoms with Crippen molar-refractivity contribution in [1.29, 1.82) is 0 Å². The van der Waals surface area contributed by atoms with E-state index < -0.39 is 0 Å². The van der Waals surface area contributed by atoms with E-state index in [1.54, 1.807) is 14.2 Å². The number of methoxy groups -OCH3 is 2. The van der Waals surface area contributed by atoms with Gasteiger partial charge in [-0.15, -0.1) is 0 Å². The third-order valence-electron chi connectivity index (χ3n) is 4.46. The standard InChI is InChI=1S/C18H30N2O2/c1-4-16-7-5-6-11-20(16)17-9-8-15(13-18(17)22-3)14-19-10-12-21-2/h8-9,13,16,19H,4-7,10-12,14H2,1-3H3. The van der Waals surface area contributed by atoms with E-state index in [-0.39, 0.29) is 0 Å². The SMILES string of the molecule is CCC1CCCCN1c1ccc(CNCCOC)cc1OC. The molecule has 1 unspecified atom stereocenters. The van der Waals surface area contributed by atoms with E-state index in [2.05, 4.69) is 35.3 Å². The van der Waals surface area contributed by atoms with Crippen molar-refractivity contribution < 1.29 is 9.47 Å². The van der Waals surface area contributed by atoms with Crippen molar-refractivity contribution in [2.75, 3.05) is 38.8 Å². The average molecular weight is 306 g/mol. The lowest BCUT2D eigenvalue weighted by atomic mass is 9.98. The van der Waals surface area contributed by atoms with Crippen molar-refractivity contribution >= 4 is 5.69 Å². The van der Waals surface area contributed by atoms with Crippen LogP contribution in [0.15, 0.2) is 18.2 Å². The molecular weight excluding hydrogens is 276 g/mol. The second-order valence-corrected chi connectivity index (χ2v) is 5.93. The lowest BCUT2D eigenvalue weighted by Crippen LogP contribution is -2.39. The Kier molecular flexibility index (Phi) is 7.00. The fourth-order valence-corrected chi connectivity index (χ4v) is 3.22. The molecule has 1 aromatic rings. The van der Waals surface area contributed by atoms with E-state index in [1.165, 1.54) is 36.9 Å². The summed E-state index contributed by atoms with van der Waals surface area (Å²) in [7, 11) is 3.49. The Morgan fingerprint density at radius 1 is 1.27 bits per heavy atom. The molecule has 0 saturated carbocycles. The summed E-state index contributed by atoms with van der Waals surface area (Å²) in [6, 6.07) is 7.24. The predicted octanol–water partition coefficient (Wildman–Crippen LogP) is 3.20. The fraction of sp³-hybridized carbons (Fsp3) is 0.667. The van der Waals surface area contributed by atoms with Crippen LogP contribution >= 0.6 is 0 Å². The summed E-state index contributed by atoms with van der Waals surface area (Å²) in [6.07, 6.45) is 5.11. The third-order valence-corrected chi connectivity index (χ3v) is 4.46. The molecule has 1 aliphatic rings. The molecule has 1 fully saturated rings. The molecule has 124 valence electrons. The average Bonchev–Trinajstić information content (AvgIpc) is 2.58. The first-order valence-corrected chi connectivity index (χ1v) is 8.43. The quantitative estimate of drug-likeness (QED) is 0.748. The maximum absolute atomic E-state index is 5.67. The molecule has 0 aromatic heterocycles. The highest BCUT2D eigenvalue weighted by molar-refractivity contribution is 5.60. The Labute approximate surface area is 134 Å². The van der Waals surface area contributed by atoms with Gasteiger partial charge in [-0.1, -0.05) is 13.0 Å². The number of hydrogen-bond donors (Lipinski definition) is 1. The van der Waals surface area contributed by atoms with Crippen molar-refractivity contribution in [2.45, 2.75) is 45.2 Å². The van der Waals surface area contributed by atoms with Gasteiger partial charge in [-0.2, -0.15) is 0 Å². The number of piperidine rings is 1. The molecule has 22 heavy (non-hydrogen) atoms. The van der Waals surface area contributed by atoms with Gasteiger partial charge in [0.2, 0.25) is 0 Å². The number of ether oxygens (including phenoxy) is 2. The van der Waals surface area contributed by atoms with Crippen molar-refractivity contribution in [1.82, 2.24) is 5.32 Å². The summed E-state index contributed by atoms with van der Waals surface area (Å²) in [5, 5.41) is 3.38. The Bertz CT molecular complexity index is 451. The lowest BCUT2D eigenvalue weighted by Gasteiger charge is -2.38. The molecule has 1 atom stereocenters. The normalized spacial score (nSPS) is 18.5. The van der Waals surface area contributed by atoms with Crippen LogP contribution in [0.5, 0.6) is 5.75 Å². The van der Waals surface area contributed by atoms with Gasteiger partial charge in [0, 0.05) is 32.8 Å². The minimum atomic E-state index is 0.647. The molecule has 2 rings (SSSR count). The van der Waals surface area contributed by atoms with Crippen LogP contribution in [0.1, 0.15) is 38.2 Å². The summed E-state index contributed by atoms with van der Waals surface area (Å²) in [5.74, 6) is 0.992. The third kappa shape index (κ3) is 4.37. The van der Waals surface area contributed by atoms with E-state index >= 15 is 0 Å². The largest absolute Gasteiger partial charge is 0.495 e. The molecule has 1 heterocycles. The topological polar surface area (TPSA) is 33.7 Å². The van der Waals surface area contributed by atoms with Gasteiger partial charge in [-0.25, -0.2) is 0 Å². The van der Waals surface area contributed by atoms with E-state index in [0.29, 0.717) is 6.04 Å². The number of nitrogens with one attached hydrogen (secondary N) is 1. The molecule has 4 heteroatoms. The summed E-state index contributed by atoms with van der Waals surface area (Å²) in [4.78, 5) is 2.53. The molecule has 4 nitrogen and oxygen atoms in total. The highest BCUT2D eigenvalue weighted by Crippen LogP contribution is 2.34. The molecule has 1 aromatic carbocycles. The second-order valence-electron chi connectivity index (χ2n) is 5.93. The van der Waals surface area contributed by atoms with Crippen molar-refractivity contribution in [2.24, 2.45) is 0 Å². The van der Waals surface area contributed by atoms with Gasteiger partial charge in [0.25, 0.3) is 0 Å². The molecule has 0 bridgehead atoms. The molecule has 0 spiro atoms. The van der Waals surface area contributed by atoms with Crippen molar-refractivity contribution in [3.05, 3.63) is 23.8 Å². The van der Waals surface area contributed by atoms with E-state index in [0.717, 1.165) is 32.0 Å². The number of hydrogen-bond acceptors (Lipinski definition) is 4. The smallest absolute Gasteiger partial charge is 0.142 e. The number of nitrogens with zero attached hydrogens (tertiary/aromatic N) is 1. The maximum Gasteiger partial charge on any atom is 0.142 e. The zero-order chi connectivity index (χ0) is 15.8. The van der Waals surface area contributed by atoms with Gasteiger partial charge >= 0.3 is 0 Å². The molecule has 1 N–H and O–H groups in total. The van der Waals surface area contributed by atoms with Gasteiger partial charge in [0.05, 0.1) is 19.4 Å². The summed E-state index contributed by atoms with van der Waals surface area (Å²) in [6.45, 7) is 5.87. The molecule has 0 amide bonds. The first-order chi connectivity index (χ1) is 10.8. The second kappa shape index (κ2) is 9.01. The first kappa shape index (κ1) is 17.1. The van der Waals surface area contributed by atoms with Crippen molar-refractivity contribution in [3.8, 4) is 5.75 Å². The van der Waals surface area contributed by atoms with Crippen LogP contribution in [-0.4, -0.2) is 40.0 Å². The van der Waals surface area contributed by atoms with Gasteiger partial charge in [-0.05, 0) is 43.4 Å². The highest BCUT2D eigenvalue weighted by Gasteiger charge is 2.23. The van der Waals surface area contributed by atoms with Crippen LogP contribution in [0, 0.1) is 0 Å². The van der Waals surface area contributed by atoms with E-state index in [9.17, 15) is 0 Å². The lowest BCUT2D eigenvalue weighted by molar-refractivity contribution is 0.199. The Morgan fingerprint density at radius 2 is 2.14 bits per heavy atom. The number of anilines is 1. The zero-order valence-corrected chi connectivity index (χ0v) is 14.2. The van der Waals surface area contributed by atoms with Gasteiger partial charge in [0.15, 0.2) is 0 Å². The Balaban J connectivity index is 2.08. The highest BCUT2D eigenvalue weighted by atomic mass is 16.5. The van der Waals surface area contributed by atoms with E-state index in [1.807, 2.05) is 0 Å². The Hall–Kier alpha value is -1.26. The number of benzene rings is 1. The molecule has 1 saturated heterocycles. The number of rotatable bonds is 8. The van der Waals surface area contributed by atoms with Gasteiger partial charge in [-0.3, -0.25) is 0 Å². The van der Waals surface area contributed by atoms with Gasteiger partial charge in [0.1, 0.15) is 5.75 Å². The minimum Gasteiger partial charge on any atom is -0.495 e. The Morgan fingerprint density at radius 3 is 2.86 bits per heavy atom. The van der Waals surface area contributed by atoms with Crippen LogP contribution in [0.3, 0.4) is 0 Å². The molecule has 0 radical (unpaired) electrons.